The van der Waals surface area contributed by atoms with Crippen molar-refractivity contribution < 1.29 is 9.59 Å². The van der Waals surface area contributed by atoms with Crippen LogP contribution in [-0.4, -0.2) is 33.6 Å². The van der Waals surface area contributed by atoms with Gasteiger partial charge in [-0.15, -0.1) is 0 Å². The second-order valence-corrected chi connectivity index (χ2v) is 13.3. The lowest BCUT2D eigenvalue weighted by molar-refractivity contribution is -0.134. The van der Waals surface area contributed by atoms with Gasteiger partial charge in [0, 0.05) is 11.5 Å². The van der Waals surface area contributed by atoms with Gasteiger partial charge in [-0.1, -0.05) is 74.6 Å². The van der Waals surface area contributed by atoms with Crippen LogP contribution in [0.25, 0.3) is 5.57 Å². The number of carbonyl (C=O) groups excluding carboxylic acids is 2. The third-order valence-corrected chi connectivity index (χ3v) is 10.8. The Labute approximate surface area is 233 Å². The highest BCUT2D eigenvalue weighted by Crippen LogP contribution is 2.69. The van der Waals surface area contributed by atoms with Gasteiger partial charge < -0.3 is 5.73 Å². The molecule has 1 heterocycles. The zero-order valence-electron chi connectivity index (χ0n) is 23.6. The first kappa shape index (κ1) is 26.3. The number of aliphatic imine (C=N–C) groups is 1. The van der Waals surface area contributed by atoms with Crippen LogP contribution in [0.2, 0.25) is 0 Å². The Bertz CT molecular complexity index is 1260. The zero-order valence-corrected chi connectivity index (χ0v) is 23.6. The maximum Gasteiger partial charge on any atom is 0.258 e. The van der Waals surface area contributed by atoms with Crippen molar-refractivity contribution in [3.63, 3.8) is 0 Å². The molecular weight excluding hydrogens is 482 g/mol. The molecule has 2 saturated carbocycles. The van der Waals surface area contributed by atoms with Crippen LogP contribution in [0.4, 0.5) is 0 Å². The Kier molecular flexibility index (Phi) is 6.47. The number of amides is 1. The Hall–Kier alpha value is -2.95. The number of nitrogens with two attached hydrogens (primary N) is 1. The molecule has 0 aromatic heterocycles. The van der Waals surface area contributed by atoms with Crippen LogP contribution in [0, 0.1) is 29.1 Å². The number of hydrogen-bond donors (Lipinski definition) is 1. The smallest absolute Gasteiger partial charge is 0.258 e. The normalized spacial score (nSPS) is 35.1. The van der Waals surface area contributed by atoms with E-state index in [4.69, 9.17) is 10.7 Å². The van der Waals surface area contributed by atoms with Crippen molar-refractivity contribution in [2.45, 2.75) is 89.1 Å². The van der Waals surface area contributed by atoms with E-state index >= 15 is 0 Å². The van der Waals surface area contributed by atoms with Gasteiger partial charge in [0.2, 0.25) is 0 Å². The molecule has 3 unspecified atom stereocenters. The highest BCUT2D eigenvalue weighted by Gasteiger charge is 2.70. The molecule has 1 aromatic rings. The second kappa shape index (κ2) is 9.60. The van der Waals surface area contributed by atoms with Crippen LogP contribution in [-0.2, 0) is 9.59 Å². The second-order valence-electron chi connectivity index (χ2n) is 13.3. The van der Waals surface area contributed by atoms with Gasteiger partial charge in [-0.2, -0.15) is 0 Å². The average molecular weight is 526 g/mol. The van der Waals surface area contributed by atoms with E-state index in [9.17, 15) is 9.59 Å². The molecule has 0 saturated heterocycles. The third kappa shape index (κ3) is 4.52. The van der Waals surface area contributed by atoms with Crippen molar-refractivity contribution in [2.75, 3.05) is 0 Å². The summed E-state index contributed by atoms with van der Waals surface area (Å²) in [7, 11) is 0. The number of guanidine groups is 1. The number of rotatable bonds is 9. The monoisotopic (exact) mass is 525 g/mol. The van der Waals surface area contributed by atoms with Gasteiger partial charge in [-0.25, -0.2) is 4.99 Å². The van der Waals surface area contributed by atoms with Crippen molar-refractivity contribution >= 4 is 23.2 Å². The van der Waals surface area contributed by atoms with Crippen LogP contribution in [0.1, 0.15) is 83.6 Å². The first-order chi connectivity index (χ1) is 18.7. The van der Waals surface area contributed by atoms with Gasteiger partial charge in [0.05, 0.1) is 5.54 Å². The SMILES string of the molecule is C=C(C(=O)C(C)[C@@H]1CCC[C@]2(CC2[C@@]2(CCC3CC=CCC3)N=C(N)N(C3(C)C=C3)C2=O)C1)c1ccccc1. The fraction of sp³-hybridized carbons (Fsp3) is 0.559. The summed E-state index contributed by atoms with van der Waals surface area (Å²) in [5.41, 5.74) is 6.94. The van der Waals surface area contributed by atoms with Crippen molar-refractivity contribution in [1.82, 2.24) is 4.90 Å². The largest absolute Gasteiger partial charge is 0.369 e. The first-order valence-corrected chi connectivity index (χ1v) is 15.0. The van der Waals surface area contributed by atoms with E-state index in [1.54, 1.807) is 4.90 Å². The molecule has 6 rings (SSSR count). The van der Waals surface area contributed by atoms with Gasteiger partial charge in [-0.05, 0) is 93.4 Å². The number of benzene rings is 1. The molecule has 1 aromatic carbocycles. The van der Waals surface area contributed by atoms with Crippen LogP contribution in [0.15, 0.2) is 66.2 Å². The quantitative estimate of drug-likeness (QED) is 0.297. The fourth-order valence-electron chi connectivity index (χ4n) is 8.11. The number of hydrogen-bond acceptors (Lipinski definition) is 4. The molecule has 5 aliphatic rings. The number of nitrogens with zero attached hydrogens (tertiary/aromatic N) is 2. The molecule has 5 nitrogen and oxygen atoms in total. The highest BCUT2D eigenvalue weighted by atomic mass is 16.2. The van der Waals surface area contributed by atoms with Crippen LogP contribution in [0.3, 0.4) is 0 Å². The molecule has 2 N–H and O–H groups in total. The molecule has 0 bridgehead atoms. The molecule has 2 fully saturated rings. The summed E-state index contributed by atoms with van der Waals surface area (Å²) in [5.74, 6) is 1.66. The Morgan fingerprint density at radius 2 is 1.95 bits per heavy atom. The Morgan fingerprint density at radius 1 is 1.18 bits per heavy atom. The molecule has 206 valence electrons. The summed E-state index contributed by atoms with van der Waals surface area (Å²) in [5, 5.41) is 0. The molecule has 1 amide bonds. The van der Waals surface area contributed by atoms with Gasteiger partial charge in [-0.3, -0.25) is 14.5 Å². The van der Waals surface area contributed by atoms with E-state index in [-0.39, 0.29) is 28.9 Å². The molecule has 6 atom stereocenters. The van der Waals surface area contributed by atoms with Crippen LogP contribution in [0.5, 0.6) is 0 Å². The minimum Gasteiger partial charge on any atom is -0.369 e. The predicted molar refractivity (Wildman–Crippen MR) is 157 cm³/mol. The number of allylic oxidation sites excluding steroid dienone is 3. The maximum atomic E-state index is 14.3. The van der Waals surface area contributed by atoms with E-state index in [1.807, 2.05) is 49.4 Å². The topological polar surface area (TPSA) is 75.8 Å². The number of carbonyl (C=O) groups is 2. The average Bonchev–Trinajstić information content (AvgIpc) is 3.85. The summed E-state index contributed by atoms with van der Waals surface area (Å²) in [6, 6.07) is 9.81. The lowest BCUT2D eigenvalue weighted by atomic mass is 9.68. The zero-order chi connectivity index (χ0) is 27.4. The maximum absolute atomic E-state index is 14.3. The van der Waals surface area contributed by atoms with E-state index in [1.165, 1.54) is 6.42 Å². The predicted octanol–water partition coefficient (Wildman–Crippen LogP) is 6.46. The molecule has 39 heavy (non-hydrogen) atoms. The minimum absolute atomic E-state index is 0.0747. The lowest BCUT2D eigenvalue weighted by Gasteiger charge is -2.37. The van der Waals surface area contributed by atoms with Crippen LogP contribution < -0.4 is 5.73 Å². The summed E-state index contributed by atoms with van der Waals surface area (Å²) in [4.78, 5) is 34.6. The molecule has 5 heteroatoms. The van der Waals surface area contributed by atoms with Crippen molar-refractivity contribution in [3.05, 3.63) is 66.8 Å². The van der Waals surface area contributed by atoms with Crippen LogP contribution >= 0.6 is 0 Å². The molecule has 4 aliphatic carbocycles. The number of Topliss-reactive ketones (excluding diaryl/α,β-unsaturated/α-hetero) is 1. The summed E-state index contributed by atoms with van der Waals surface area (Å²) in [6.07, 6.45) is 19.1. The van der Waals surface area contributed by atoms with Crippen molar-refractivity contribution in [2.24, 2.45) is 39.8 Å². The Balaban J connectivity index is 1.22. The summed E-state index contributed by atoms with van der Waals surface area (Å²) < 4.78 is 0. The van der Waals surface area contributed by atoms with E-state index < -0.39 is 11.1 Å². The highest BCUT2D eigenvalue weighted by molar-refractivity contribution is 6.21. The van der Waals surface area contributed by atoms with Gasteiger partial charge >= 0.3 is 0 Å². The molecule has 1 spiro atoms. The van der Waals surface area contributed by atoms with Gasteiger partial charge in [0.1, 0.15) is 5.54 Å². The fourth-order valence-corrected chi connectivity index (χ4v) is 8.11. The minimum atomic E-state index is -0.763. The number of ketones is 1. The molecule has 0 radical (unpaired) electrons. The van der Waals surface area contributed by atoms with Crippen molar-refractivity contribution in [3.8, 4) is 0 Å². The first-order valence-electron chi connectivity index (χ1n) is 15.0. The van der Waals surface area contributed by atoms with E-state index in [0.717, 1.165) is 63.4 Å². The summed E-state index contributed by atoms with van der Waals surface area (Å²) >= 11 is 0. The molecule has 1 aliphatic heterocycles. The van der Waals surface area contributed by atoms with E-state index in [0.29, 0.717) is 23.4 Å². The lowest BCUT2D eigenvalue weighted by Crippen LogP contribution is -2.52. The Morgan fingerprint density at radius 3 is 2.64 bits per heavy atom. The van der Waals surface area contributed by atoms with Crippen molar-refractivity contribution in [1.29, 1.82) is 0 Å². The van der Waals surface area contributed by atoms with E-state index in [2.05, 4.69) is 25.7 Å². The third-order valence-electron chi connectivity index (χ3n) is 10.8. The van der Waals surface area contributed by atoms with Gasteiger partial charge in [0.25, 0.3) is 5.91 Å². The molecular formula is C34H43N3O2. The standard InChI is InChI=1S/C34H43N3O2/c1-23(26-13-8-5-9-14-26)29(38)24(2)27-15-10-17-33(21-27)22-28(33)34(18-16-25-11-6-4-7-12-25)30(39)37(31(35)36-34)32(3)19-20-32/h4-6,8-9,13-14,19-20,24-25,27-28H,1,7,10-12,15-18,21-22H2,2-3H3,(H2,35,36)/t24?,25?,27-,28?,33-,34-/m1/s1. The summed E-state index contributed by atoms with van der Waals surface area (Å²) in [6.45, 7) is 8.29. The van der Waals surface area contributed by atoms with Gasteiger partial charge in [0.15, 0.2) is 11.7 Å².